The van der Waals surface area contributed by atoms with Crippen LogP contribution in [0.3, 0.4) is 0 Å². The molecule has 0 aromatic heterocycles. The number of hydrogen-bond acceptors (Lipinski definition) is 4. The van der Waals surface area contributed by atoms with Crippen LogP contribution in [0.25, 0.3) is 0 Å². The van der Waals surface area contributed by atoms with E-state index in [1.54, 1.807) is 0 Å². The minimum atomic E-state index is 0.456. The van der Waals surface area contributed by atoms with Crippen LogP contribution < -0.4 is 9.47 Å². The number of aryl methyl sites for hydroxylation is 1. The molecule has 1 aromatic carbocycles. The Kier molecular flexibility index (Phi) is 12.9. The van der Waals surface area contributed by atoms with Crippen molar-refractivity contribution in [3.05, 3.63) is 32.2 Å². The number of nitrogens with zero attached hydrogens (tertiary/aromatic N) is 1. The summed E-state index contributed by atoms with van der Waals surface area (Å²) in [6.45, 7) is 7.69. The molecule has 0 heterocycles. The highest BCUT2D eigenvalue weighted by molar-refractivity contribution is 9.28. The van der Waals surface area contributed by atoms with Crippen LogP contribution in [0.1, 0.15) is 52.0 Å². The van der Waals surface area contributed by atoms with Crippen molar-refractivity contribution in [2.75, 3.05) is 19.8 Å². The molecule has 0 fully saturated rings. The zero-order chi connectivity index (χ0) is 20.1. The zero-order valence-corrected chi connectivity index (χ0v) is 20.1. The number of benzene rings is 1. The van der Waals surface area contributed by atoms with E-state index >= 15 is 0 Å². The number of rotatable bonds is 13. The van der Waals surface area contributed by atoms with Gasteiger partial charge in [-0.1, -0.05) is 30.1 Å². The van der Waals surface area contributed by atoms with Gasteiger partial charge in [0.15, 0.2) is 0 Å². The standard InChI is InChI=1S/C20H28Br2ClNO3/c1-4-8-16-13-17(25-12-9-19(21)22)14-18(23)20(16)26-10-6-5-7-11-27-24-15(2)3/h9,13-14H,4-8,10-12H2,1-3H3. The maximum atomic E-state index is 6.45. The Morgan fingerprint density at radius 1 is 1.11 bits per heavy atom. The fourth-order valence-corrected chi connectivity index (χ4v) is 2.87. The Bertz CT molecular complexity index is 628. The predicted molar refractivity (Wildman–Crippen MR) is 121 cm³/mol. The van der Waals surface area contributed by atoms with Crippen LogP contribution in [-0.2, 0) is 11.3 Å². The molecule has 0 saturated carbocycles. The molecule has 4 nitrogen and oxygen atoms in total. The third kappa shape index (κ3) is 11.0. The fourth-order valence-electron chi connectivity index (χ4n) is 2.32. The van der Waals surface area contributed by atoms with E-state index in [-0.39, 0.29) is 0 Å². The smallest absolute Gasteiger partial charge is 0.141 e. The number of hydrogen-bond donors (Lipinski definition) is 0. The van der Waals surface area contributed by atoms with E-state index in [1.807, 2.05) is 32.1 Å². The molecular formula is C20H28Br2ClNO3. The van der Waals surface area contributed by atoms with Crippen LogP contribution >= 0.6 is 43.5 Å². The molecule has 27 heavy (non-hydrogen) atoms. The lowest BCUT2D eigenvalue weighted by molar-refractivity contribution is 0.138. The SMILES string of the molecule is CCCc1cc(OCC=C(Br)Br)cc(Cl)c1OCCCCCON=C(C)C. The molecule has 0 N–H and O–H groups in total. The fraction of sp³-hybridized carbons (Fsp3) is 0.550. The zero-order valence-electron chi connectivity index (χ0n) is 16.2. The molecular weight excluding hydrogens is 497 g/mol. The van der Waals surface area contributed by atoms with E-state index < -0.39 is 0 Å². The average molecular weight is 526 g/mol. The monoisotopic (exact) mass is 523 g/mol. The number of halogens is 3. The maximum Gasteiger partial charge on any atom is 0.141 e. The van der Waals surface area contributed by atoms with E-state index in [4.69, 9.17) is 25.9 Å². The lowest BCUT2D eigenvalue weighted by atomic mass is 10.1. The average Bonchev–Trinajstić information content (AvgIpc) is 2.58. The second-order valence-electron chi connectivity index (χ2n) is 6.23. The normalized spacial score (nSPS) is 10.3. The molecule has 0 saturated heterocycles. The molecule has 0 unspecified atom stereocenters. The molecule has 7 heteroatoms. The minimum absolute atomic E-state index is 0.456. The third-order valence-corrected chi connectivity index (χ3v) is 4.40. The molecule has 0 amide bonds. The molecule has 1 aromatic rings. The van der Waals surface area contributed by atoms with Crippen LogP contribution in [0.5, 0.6) is 11.5 Å². The Balaban J connectivity index is 2.53. The van der Waals surface area contributed by atoms with Crippen LogP contribution in [0.15, 0.2) is 26.8 Å². The second kappa shape index (κ2) is 14.3. The van der Waals surface area contributed by atoms with Crippen LogP contribution in [0.4, 0.5) is 0 Å². The highest BCUT2D eigenvalue weighted by Crippen LogP contribution is 2.34. The van der Waals surface area contributed by atoms with Crippen molar-refractivity contribution < 1.29 is 14.3 Å². The first-order valence-corrected chi connectivity index (χ1v) is 11.1. The summed E-state index contributed by atoms with van der Waals surface area (Å²) in [6.07, 6.45) is 6.72. The van der Waals surface area contributed by atoms with Gasteiger partial charge in [0.05, 0.1) is 20.7 Å². The van der Waals surface area contributed by atoms with Crippen LogP contribution in [0, 0.1) is 0 Å². The van der Waals surface area contributed by atoms with E-state index in [0.717, 1.165) is 58.3 Å². The van der Waals surface area contributed by atoms with Crippen molar-refractivity contribution >= 4 is 49.2 Å². The van der Waals surface area contributed by atoms with Crippen LogP contribution in [0.2, 0.25) is 5.02 Å². The van der Waals surface area contributed by atoms with E-state index in [2.05, 4.69) is 43.9 Å². The van der Waals surface area contributed by atoms with Gasteiger partial charge in [-0.3, -0.25) is 0 Å². The minimum Gasteiger partial charge on any atom is -0.492 e. The van der Waals surface area contributed by atoms with Gasteiger partial charge in [-0.15, -0.1) is 0 Å². The molecule has 0 radical (unpaired) electrons. The molecule has 0 atom stereocenters. The lowest BCUT2D eigenvalue weighted by Gasteiger charge is -2.15. The topological polar surface area (TPSA) is 40.0 Å². The summed E-state index contributed by atoms with van der Waals surface area (Å²) in [7, 11) is 0. The summed E-state index contributed by atoms with van der Waals surface area (Å²) in [6, 6.07) is 3.82. The van der Waals surface area contributed by atoms with Crippen molar-refractivity contribution in [2.45, 2.75) is 52.9 Å². The van der Waals surface area contributed by atoms with Gasteiger partial charge < -0.3 is 14.3 Å². The van der Waals surface area contributed by atoms with E-state index in [9.17, 15) is 0 Å². The molecule has 1 rings (SSSR count). The van der Waals surface area contributed by atoms with Gasteiger partial charge in [0.2, 0.25) is 0 Å². The van der Waals surface area contributed by atoms with Gasteiger partial charge >= 0.3 is 0 Å². The summed E-state index contributed by atoms with van der Waals surface area (Å²) in [4.78, 5) is 5.19. The largest absolute Gasteiger partial charge is 0.492 e. The Hall–Kier alpha value is -0.720. The summed E-state index contributed by atoms with van der Waals surface area (Å²) in [5.74, 6) is 1.52. The van der Waals surface area contributed by atoms with Crippen molar-refractivity contribution in [1.29, 1.82) is 0 Å². The Morgan fingerprint density at radius 3 is 2.52 bits per heavy atom. The number of ether oxygens (including phenoxy) is 2. The first-order chi connectivity index (χ1) is 12.9. The van der Waals surface area contributed by atoms with Gasteiger partial charge in [0.25, 0.3) is 0 Å². The van der Waals surface area contributed by atoms with Gasteiger partial charge in [-0.25, -0.2) is 0 Å². The molecule has 0 aliphatic rings. The first kappa shape index (κ1) is 24.3. The van der Waals surface area contributed by atoms with Crippen molar-refractivity contribution in [3.63, 3.8) is 0 Å². The third-order valence-electron chi connectivity index (χ3n) is 3.47. The summed E-state index contributed by atoms with van der Waals surface area (Å²) < 4.78 is 12.6. The number of unbranched alkanes of at least 4 members (excludes halogenated alkanes) is 2. The molecule has 152 valence electrons. The summed E-state index contributed by atoms with van der Waals surface area (Å²) >= 11 is 13.1. The summed E-state index contributed by atoms with van der Waals surface area (Å²) in [5, 5.41) is 4.51. The maximum absolute atomic E-state index is 6.45. The molecule has 0 aliphatic heterocycles. The predicted octanol–water partition coefficient (Wildman–Crippen LogP) is 7.26. The first-order valence-electron chi connectivity index (χ1n) is 9.16. The Labute approximate surface area is 184 Å². The van der Waals surface area contributed by atoms with Crippen molar-refractivity contribution in [2.24, 2.45) is 5.16 Å². The van der Waals surface area contributed by atoms with Crippen LogP contribution in [-0.4, -0.2) is 25.5 Å². The van der Waals surface area contributed by atoms with E-state index in [1.165, 1.54) is 0 Å². The quantitative estimate of drug-likeness (QED) is 0.155. The van der Waals surface area contributed by atoms with E-state index in [0.29, 0.717) is 24.8 Å². The molecule has 0 spiro atoms. The second-order valence-corrected chi connectivity index (χ2v) is 9.41. The number of oxime groups is 1. The van der Waals surface area contributed by atoms with Gasteiger partial charge in [-0.2, -0.15) is 0 Å². The van der Waals surface area contributed by atoms with Crippen molar-refractivity contribution in [3.8, 4) is 11.5 Å². The molecule has 0 aliphatic carbocycles. The molecule has 0 bridgehead atoms. The van der Waals surface area contributed by atoms with Gasteiger partial charge in [0, 0.05) is 6.07 Å². The van der Waals surface area contributed by atoms with Crippen molar-refractivity contribution in [1.82, 2.24) is 0 Å². The highest BCUT2D eigenvalue weighted by atomic mass is 79.9. The summed E-state index contributed by atoms with van der Waals surface area (Å²) in [5.41, 5.74) is 2.01. The Morgan fingerprint density at radius 2 is 1.85 bits per heavy atom. The van der Waals surface area contributed by atoms with Gasteiger partial charge in [-0.05, 0) is 89.1 Å². The lowest BCUT2D eigenvalue weighted by Crippen LogP contribution is -2.03. The van der Waals surface area contributed by atoms with Gasteiger partial charge in [0.1, 0.15) is 24.7 Å². The highest BCUT2D eigenvalue weighted by Gasteiger charge is 2.11.